The average Bonchev–Trinajstić information content (AvgIpc) is 2.07. The SMILES string of the molecule is Cc1cc(CCl)c(C(F)(F)F)cc1Cl. The lowest BCUT2D eigenvalue weighted by molar-refractivity contribution is -0.138. The van der Waals surface area contributed by atoms with Crippen LogP contribution in [0.3, 0.4) is 0 Å². The molecular formula is C9H7Cl2F3. The van der Waals surface area contributed by atoms with Crippen LogP contribution < -0.4 is 0 Å². The molecule has 0 heterocycles. The van der Waals surface area contributed by atoms with E-state index in [-0.39, 0.29) is 16.5 Å². The number of alkyl halides is 4. The first-order valence-electron chi connectivity index (χ1n) is 3.78. The van der Waals surface area contributed by atoms with E-state index < -0.39 is 11.7 Å². The minimum Gasteiger partial charge on any atom is -0.166 e. The van der Waals surface area contributed by atoms with Crippen molar-refractivity contribution in [1.82, 2.24) is 0 Å². The molecule has 0 spiro atoms. The zero-order valence-corrected chi connectivity index (χ0v) is 8.76. The minimum absolute atomic E-state index is 0.0565. The van der Waals surface area contributed by atoms with Gasteiger partial charge in [-0.15, -0.1) is 11.6 Å². The van der Waals surface area contributed by atoms with Crippen LogP contribution in [0.25, 0.3) is 0 Å². The Morgan fingerprint density at radius 1 is 1.29 bits per heavy atom. The van der Waals surface area contributed by atoms with Crippen LogP contribution in [-0.4, -0.2) is 0 Å². The van der Waals surface area contributed by atoms with Gasteiger partial charge in [-0.25, -0.2) is 0 Å². The summed E-state index contributed by atoms with van der Waals surface area (Å²) < 4.78 is 37.3. The van der Waals surface area contributed by atoms with Crippen LogP contribution >= 0.6 is 23.2 Å². The molecular weight excluding hydrogens is 236 g/mol. The van der Waals surface area contributed by atoms with Crippen LogP contribution in [-0.2, 0) is 12.1 Å². The fraction of sp³-hybridized carbons (Fsp3) is 0.333. The molecule has 0 fully saturated rings. The van der Waals surface area contributed by atoms with Gasteiger partial charge in [0.2, 0.25) is 0 Å². The van der Waals surface area contributed by atoms with Crippen LogP contribution in [0.15, 0.2) is 12.1 Å². The normalized spacial score (nSPS) is 11.9. The topological polar surface area (TPSA) is 0 Å². The zero-order valence-electron chi connectivity index (χ0n) is 7.25. The molecule has 14 heavy (non-hydrogen) atoms. The van der Waals surface area contributed by atoms with Crippen molar-refractivity contribution in [2.45, 2.75) is 19.0 Å². The maximum Gasteiger partial charge on any atom is 0.416 e. The molecule has 0 unspecified atom stereocenters. The molecule has 0 amide bonds. The lowest BCUT2D eigenvalue weighted by Gasteiger charge is -2.12. The van der Waals surface area contributed by atoms with Crippen molar-refractivity contribution in [2.24, 2.45) is 0 Å². The highest BCUT2D eigenvalue weighted by molar-refractivity contribution is 6.31. The Morgan fingerprint density at radius 3 is 2.29 bits per heavy atom. The largest absolute Gasteiger partial charge is 0.416 e. The molecule has 0 bridgehead atoms. The lowest BCUT2D eigenvalue weighted by atomic mass is 10.1. The molecule has 0 N–H and O–H groups in total. The smallest absolute Gasteiger partial charge is 0.166 e. The van der Waals surface area contributed by atoms with E-state index in [9.17, 15) is 13.2 Å². The summed E-state index contributed by atoms with van der Waals surface area (Å²) in [4.78, 5) is 0. The third kappa shape index (κ3) is 2.34. The molecule has 0 aliphatic rings. The lowest BCUT2D eigenvalue weighted by Crippen LogP contribution is -2.08. The van der Waals surface area contributed by atoms with Gasteiger partial charge in [-0.05, 0) is 24.1 Å². The first-order valence-corrected chi connectivity index (χ1v) is 4.69. The minimum atomic E-state index is -4.40. The van der Waals surface area contributed by atoms with E-state index >= 15 is 0 Å². The van der Waals surface area contributed by atoms with Gasteiger partial charge < -0.3 is 0 Å². The fourth-order valence-corrected chi connectivity index (χ4v) is 1.50. The summed E-state index contributed by atoms with van der Waals surface area (Å²) in [5.41, 5.74) is -0.112. The van der Waals surface area contributed by atoms with Crippen molar-refractivity contribution in [3.63, 3.8) is 0 Å². The van der Waals surface area contributed by atoms with Crippen LogP contribution in [0.4, 0.5) is 13.2 Å². The van der Waals surface area contributed by atoms with Gasteiger partial charge in [0.15, 0.2) is 0 Å². The van der Waals surface area contributed by atoms with Gasteiger partial charge >= 0.3 is 6.18 Å². The number of hydrogen-bond donors (Lipinski definition) is 0. The molecule has 0 aliphatic carbocycles. The van der Waals surface area contributed by atoms with Gasteiger partial charge in [0.25, 0.3) is 0 Å². The summed E-state index contributed by atoms with van der Waals surface area (Å²) in [5.74, 6) is -0.174. The molecule has 0 saturated carbocycles. The molecule has 0 nitrogen and oxygen atoms in total. The van der Waals surface area contributed by atoms with Crippen LogP contribution in [0.5, 0.6) is 0 Å². The molecule has 78 valence electrons. The molecule has 0 atom stereocenters. The monoisotopic (exact) mass is 242 g/mol. The van der Waals surface area contributed by atoms with Crippen molar-refractivity contribution < 1.29 is 13.2 Å². The number of rotatable bonds is 1. The van der Waals surface area contributed by atoms with Crippen LogP contribution in [0, 0.1) is 6.92 Å². The zero-order chi connectivity index (χ0) is 10.9. The van der Waals surface area contributed by atoms with E-state index in [2.05, 4.69) is 0 Å². The van der Waals surface area contributed by atoms with E-state index in [1.54, 1.807) is 6.92 Å². The average molecular weight is 243 g/mol. The summed E-state index contributed by atoms with van der Waals surface area (Å²) in [7, 11) is 0. The maximum absolute atomic E-state index is 12.4. The van der Waals surface area contributed by atoms with Crippen molar-refractivity contribution in [1.29, 1.82) is 0 Å². The van der Waals surface area contributed by atoms with Crippen molar-refractivity contribution in [2.75, 3.05) is 0 Å². The van der Waals surface area contributed by atoms with E-state index in [1.165, 1.54) is 6.07 Å². The first-order chi connectivity index (χ1) is 6.36. The molecule has 0 aromatic heterocycles. The standard InChI is InChI=1S/C9H7Cl2F3/c1-5-2-6(4-10)7(3-8(5)11)9(12,13)14/h2-3H,4H2,1H3. The summed E-state index contributed by atoms with van der Waals surface area (Å²) in [6.45, 7) is 1.64. The number of aryl methyl sites for hydroxylation is 1. The molecule has 1 aromatic carbocycles. The summed E-state index contributed by atoms with van der Waals surface area (Å²) in [6.07, 6.45) is -4.40. The van der Waals surface area contributed by atoms with Crippen molar-refractivity contribution in [3.8, 4) is 0 Å². The van der Waals surface area contributed by atoms with Crippen molar-refractivity contribution in [3.05, 3.63) is 33.8 Å². The van der Waals surface area contributed by atoms with Crippen LogP contribution in [0.1, 0.15) is 16.7 Å². The molecule has 0 aliphatic heterocycles. The van der Waals surface area contributed by atoms with Gasteiger partial charge in [-0.3, -0.25) is 0 Å². The second kappa shape index (κ2) is 3.99. The Bertz CT molecular complexity index is 345. The summed E-state index contributed by atoms with van der Waals surface area (Å²) >= 11 is 11.0. The summed E-state index contributed by atoms with van der Waals surface area (Å²) in [6, 6.07) is 2.27. The highest BCUT2D eigenvalue weighted by Crippen LogP contribution is 2.35. The second-order valence-electron chi connectivity index (χ2n) is 2.89. The number of halogens is 5. The maximum atomic E-state index is 12.4. The van der Waals surface area contributed by atoms with Gasteiger partial charge in [0.1, 0.15) is 0 Å². The molecule has 0 saturated heterocycles. The molecule has 1 rings (SSSR count). The Balaban J connectivity index is 3.35. The highest BCUT2D eigenvalue weighted by Gasteiger charge is 2.33. The van der Waals surface area contributed by atoms with Crippen LogP contribution in [0.2, 0.25) is 5.02 Å². The predicted molar refractivity (Wildman–Crippen MR) is 50.7 cm³/mol. The third-order valence-corrected chi connectivity index (χ3v) is 2.53. The Labute approximate surface area is 89.6 Å². The quantitative estimate of drug-likeness (QED) is 0.641. The van der Waals surface area contributed by atoms with Gasteiger partial charge in [-0.1, -0.05) is 17.7 Å². The third-order valence-electron chi connectivity index (χ3n) is 1.83. The predicted octanol–water partition coefficient (Wildman–Crippen LogP) is 4.41. The molecule has 0 radical (unpaired) electrons. The van der Waals surface area contributed by atoms with Gasteiger partial charge in [0.05, 0.1) is 5.56 Å². The van der Waals surface area contributed by atoms with E-state index in [0.717, 1.165) is 6.07 Å². The second-order valence-corrected chi connectivity index (χ2v) is 3.56. The molecule has 5 heteroatoms. The van der Waals surface area contributed by atoms with E-state index in [0.29, 0.717) is 5.56 Å². The van der Waals surface area contributed by atoms with E-state index in [1.807, 2.05) is 0 Å². The molecule has 1 aromatic rings. The van der Waals surface area contributed by atoms with Crippen molar-refractivity contribution >= 4 is 23.2 Å². The Morgan fingerprint density at radius 2 is 1.86 bits per heavy atom. The van der Waals surface area contributed by atoms with Gasteiger partial charge in [0, 0.05) is 10.9 Å². The summed E-state index contributed by atoms with van der Waals surface area (Å²) in [5, 5.41) is 0.103. The number of benzene rings is 1. The van der Waals surface area contributed by atoms with E-state index in [4.69, 9.17) is 23.2 Å². The number of hydrogen-bond acceptors (Lipinski definition) is 0. The fourth-order valence-electron chi connectivity index (χ4n) is 1.12. The Kier molecular flexibility index (Phi) is 3.32. The van der Waals surface area contributed by atoms with Gasteiger partial charge in [-0.2, -0.15) is 13.2 Å². The Hall–Kier alpha value is -0.410. The highest BCUT2D eigenvalue weighted by atomic mass is 35.5. The first kappa shape index (κ1) is 11.7.